The van der Waals surface area contributed by atoms with Gasteiger partial charge in [0.15, 0.2) is 0 Å². The van der Waals surface area contributed by atoms with Crippen molar-refractivity contribution < 1.29 is 9.53 Å². The quantitative estimate of drug-likeness (QED) is 0.336. The number of amides is 1. The molecule has 8 heteroatoms. The summed E-state index contributed by atoms with van der Waals surface area (Å²) in [7, 11) is 0. The molecule has 2 aliphatic heterocycles. The van der Waals surface area contributed by atoms with Crippen LogP contribution in [0.25, 0.3) is 11.3 Å². The average molecular weight is 562 g/mol. The molecule has 2 aliphatic rings. The summed E-state index contributed by atoms with van der Waals surface area (Å²) >= 11 is 6.18. The molecular weight excluding hydrogens is 522 g/mol. The summed E-state index contributed by atoms with van der Waals surface area (Å²) in [6, 6.07) is 16.4. The first kappa shape index (κ1) is 28.4. The molecule has 3 heterocycles. The summed E-state index contributed by atoms with van der Waals surface area (Å²) in [4.78, 5) is 19.1. The molecule has 7 nitrogen and oxygen atoms in total. The Hall–Kier alpha value is -3.13. The number of benzene rings is 2. The molecule has 0 saturated carbocycles. The monoisotopic (exact) mass is 561 g/mol. The molecule has 1 amide bonds. The zero-order chi connectivity index (χ0) is 28.2. The minimum Gasteiger partial charge on any atom is -0.371 e. The lowest BCUT2D eigenvalue weighted by molar-refractivity contribution is -0.129. The highest BCUT2D eigenvalue weighted by Crippen LogP contribution is 2.31. The number of fused-ring (bicyclic) bond motifs is 1. The van der Waals surface area contributed by atoms with Gasteiger partial charge in [0.05, 0.1) is 24.9 Å². The van der Waals surface area contributed by atoms with Crippen LogP contribution in [-0.4, -0.2) is 77.5 Å². The van der Waals surface area contributed by atoms with Crippen LogP contribution in [-0.2, 0) is 29.0 Å². The van der Waals surface area contributed by atoms with Crippen LogP contribution in [0.3, 0.4) is 0 Å². The molecule has 5 rings (SSSR count). The molecule has 0 spiro atoms. The first-order valence-corrected chi connectivity index (χ1v) is 14.5. The number of aryl methyl sites for hydroxylation is 1. The van der Waals surface area contributed by atoms with E-state index in [1.807, 2.05) is 36.1 Å². The van der Waals surface area contributed by atoms with Gasteiger partial charge in [0, 0.05) is 86.7 Å². The number of para-hydroxylation sites is 1. The molecule has 0 N–H and O–H groups in total. The maximum atomic E-state index is 12.2. The molecule has 1 saturated heterocycles. The van der Waals surface area contributed by atoms with E-state index in [1.165, 1.54) is 16.9 Å². The van der Waals surface area contributed by atoms with Gasteiger partial charge in [0.25, 0.3) is 0 Å². The second-order valence-corrected chi connectivity index (χ2v) is 11.6. The normalized spacial score (nSPS) is 16.6. The molecule has 40 heavy (non-hydrogen) atoms. The number of hydrogen-bond donors (Lipinski definition) is 0. The molecule has 0 bridgehead atoms. The summed E-state index contributed by atoms with van der Waals surface area (Å²) in [6.07, 6.45) is 0.743. The Kier molecular flexibility index (Phi) is 8.94. The number of carbonyl (C=O) groups excluding carboxylic acids is 1. The van der Waals surface area contributed by atoms with E-state index in [1.54, 1.807) is 6.92 Å². The van der Waals surface area contributed by atoms with E-state index in [2.05, 4.69) is 52.2 Å². The third-order valence-corrected chi connectivity index (χ3v) is 8.18. The molecule has 0 aliphatic carbocycles. The minimum absolute atomic E-state index is 0.0328. The molecule has 1 fully saturated rings. The van der Waals surface area contributed by atoms with Gasteiger partial charge in [-0.2, -0.15) is 5.10 Å². The molecule has 1 atom stereocenters. The van der Waals surface area contributed by atoms with E-state index >= 15 is 0 Å². The summed E-state index contributed by atoms with van der Waals surface area (Å²) in [5.41, 5.74) is 7.90. The van der Waals surface area contributed by atoms with E-state index in [0.717, 1.165) is 61.5 Å². The SMILES string of the molecule is C=C(C)COC(CN1CCN(c2ccccc2C)CC1)Cn1nc(-c2ccc(Cl)cc2)c2c1CCN(C(C)=O)C2. The number of carbonyl (C=O) groups is 1. The van der Waals surface area contributed by atoms with E-state index in [-0.39, 0.29) is 12.0 Å². The predicted molar refractivity (Wildman–Crippen MR) is 162 cm³/mol. The van der Waals surface area contributed by atoms with E-state index in [0.29, 0.717) is 31.3 Å². The first-order valence-electron chi connectivity index (χ1n) is 14.2. The third-order valence-electron chi connectivity index (χ3n) is 7.93. The highest BCUT2D eigenvalue weighted by Gasteiger charge is 2.29. The molecule has 2 aromatic carbocycles. The molecule has 0 radical (unpaired) electrons. The third kappa shape index (κ3) is 6.60. The lowest BCUT2D eigenvalue weighted by Gasteiger charge is -2.38. The smallest absolute Gasteiger partial charge is 0.219 e. The van der Waals surface area contributed by atoms with Crippen LogP contribution in [0.2, 0.25) is 5.02 Å². The Morgan fingerprint density at radius 2 is 1.75 bits per heavy atom. The van der Waals surface area contributed by atoms with Crippen LogP contribution in [0.15, 0.2) is 60.7 Å². The van der Waals surface area contributed by atoms with Crippen LogP contribution in [0.1, 0.15) is 30.7 Å². The van der Waals surface area contributed by atoms with Gasteiger partial charge in [-0.05, 0) is 37.6 Å². The van der Waals surface area contributed by atoms with Gasteiger partial charge >= 0.3 is 0 Å². The largest absolute Gasteiger partial charge is 0.371 e. The molecular formula is C32H40ClN5O2. The van der Waals surface area contributed by atoms with Crippen molar-refractivity contribution in [2.45, 2.75) is 46.4 Å². The Morgan fingerprint density at radius 1 is 1.02 bits per heavy atom. The fourth-order valence-electron chi connectivity index (χ4n) is 5.74. The van der Waals surface area contributed by atoms with Crippen molar-refractivity contribution in [3.05, 3.63) is 82.5 Å². The van der Waals surface area contributed by atoms with Crippen LogP contribution in [0.5, 0.6) is 0 Å². The molecule has 3 aromatic rings. The van der Waals surface area contributed by atoms with Crippen molar-refractivity contribution in [2.24, 2.45) is 0 Å². The van der Waals surface area contributed by atoms with Gasteiger partial charge in [-0.15, -0.1) is 0 Å². The number of hydrogen-bond acceptors (Lipinski definition) is 5. The van der Waals surface area contributed by atoms with Gasteiger partial charge in [-0.1, -0.05) is 54.1 Å². The first-order chi connectivity index (χ1) is 19.3. The van der Waals surface area contributed by atoms with E-state index in [4.69, 9.17) is 21.4 Å². The fraction of sp³-hybridized carbons (Fsp3) is 0.438. The summed E-state index contributed by atoms with van der Waals surface area (Å²) in [6.45, 7) is 17.1. The van der Waals surface area contributed by atoms with Gasteiger partial charge < -0.3 is 14.5 Å². The van der Waals surface area contributed by atoms with Gasteiger partial charge in [0.1, 0.15) is 0 Å². The van der Waals surface area contributed by atoms with Crippen LogP contribution >= 0.6 is 11.6 Å². The Balaban J connectivity index is 1.35. The minimum atomic E-state index is -0.0328. The predicted octanol–water partition coefficient (Wildman–Crippen LogP) is 5.20. The van der Waals surface area contributed by atoms with Crippen molar-refractivity contribution in [1.82, 2.24) is 19.6 Å². The average Bonchev–Trinajstić information content (AvgIpc) is 3.30. The van der Waals surface area contributed by atoms with Gasteiger partial charge in [-0.3, -0.25) is 14.4 Å². The maximum absolute atomic E-state index is 12.2. The summed E-state index contributed by atoms with van der Waals surface area (Å²) in [5.74, 6) is 0.0907. The zero-order valence-corrected chi connectivity index (χ0v) is 24.7. The zero-order valence-electron chi connectivity index (χ0n) is 23.9. The number of nitrogens with zero attached hydrogens (tertiary/aromatic N) is 5. The van der Waals surface area contributed by atoms with Crippen molar-refractivity contribution in [3.63, 3.8) is 0 Å². The van der Waals surface area contributed by atoms with Crippen molar-refractivity contribution >= 4 is 23.2 Å². The second kappa shape index (κ2) is 12.6. The maximum Gasteiger partial charge on any atom is 0.219 e. The number of halogens is 1. The topological polar surface area (TPSA) is 53.8 Å². The Labute approximate surface area is 243 Å². The number of piperazine rings is 1. The van der Waals surface area contributed by atoms with E-state index < -0.39 is 0 Å². The van der Waals surface area contributed by atoms with Crippen LogP contribution in [0, 0.1) is 6.92 Å². The summed E-state index contributed by atoms with van der Waals surface area (Å²) < 4.78 is 8.55. The van der Waals surface area contributed by atoms with Crippen LogP contribution < -0.4 is 4.90 Å². The molecule has 212 valence electrons. The lowest BCUT2D eigenvalue weighted by atomic mass is 10.0. The second-order valence-electron chi connectivity index (χ2n) is 11.1. The Bertz CT molecular complexity index is 1340. The fourth-order valence-corrected chi connectivity index (χ4v) is 5.87. The van der Waals surface area contributed by atoms with Crippen molar-refractivity contribution in [3.8, 4) is 11.3 Å². The number of ether oxygens (including phenoxy) is 1. The highest BCUT2D eigenvalue weighted by molar-refractivity contribution is 6.30. The van der Waals surface area contributed by atoms with Crippen molar-refractivity contribution in [2.75, 3.05) is 50.8 Å². The van der Waals surface area contributed by atoms with Crippen LogP contribution in [0.4, 0.5) is 5.69 Å². The molecule has 1 aromatic heterocycles. The number of rotatable bonds is 9. The number of anilines is 1. The lowest BCUT2D eigenvalue weighted by Crippen LogP contribution is -2.49. The highest BCUT2D eigenvalue weighted by atomic mass is 35.5. The van der Waals surface area contributed by atoms with Gasteiger partial charge in [0.2, 0.25) is 5.91 Å². The van der Waals surface area contributed by atoms with Crippen molar-refractivity contribution in [1.29, 1.82) is 0 Å². The van der Waals surface area contributed by atoms with E-state index in [9.17, 15) is 4.79 Å². The number of aromatic nitrogens is 2. The standard InChI is InChI=1S/C32H40ClN5O2/c1-23(2)22-40-28(19-35-15-17-36(18-16-35)30-8-6-5-7-24(30)3)20-38-31-13-14-37(25(4)39)21-29(31)32(34-38)26-9-11-27(33)12-10-26/h5-12,28H,1,13-22H2,2-4H3. The Morgan fingerprint density at radius 3 is 2.42 bits per heavy atom. The van der Waals surface area contributed by atoms with Gasteiger partial charge in [-0.25, -0.2) is 0 Å². The summed E-state index contributed by atoms with van der Waals surface area (Å²) in [5, 5.41) is 5.81. The molecule has 1 unspecified atom stereocenters.